The van der Waals surface area contributed by atoms with Crippen LogP contribution in [0.25, 0.3) is 0 Å². The first-order valence-electron chi connectivity index (χ1n) is 3.59. The summed E-state index contributed by atoms with van der Waals surface area (Å²) < 4.78 is 0.840. The summed E-state index contributed by atoms with van der Waals surface area (Å²) in [6.45, 7) is 0. The second-order valence-electron chi connectivity index (χ2n) is 2.99. The fourth-order valence-electron chi connectivity index (χ4n) is 1.07. The molecule has 0 amide bonds. The molecule has 1 heterocycles. The van der Waals surface area contributed by atoms with Gasteiger partial charge in [0.25, 0.3) is 0 Å². The summed E-state index contributed by atoms with van der Waals surface area (Å²) >= 11 is 8.99. The van der Waals surface area contributed by atoms with Crippen LogP contribution >= 0.6 is 27.5 Å². The fourth-order valence-corrected chi connectivity index (χ4v) is 1.79. The Bertz CT molecular complexity index is 324. The van der Waals surface area contributed by atoms with E-state index in [1.807, 2.05) is 0 Å². The second kappa shape index (κ2) is 2.65. The fraction of sp³-hybridized carbons (Fsp3) is 0.429. The molecule has 12 heavy (non-hydrogen) atoms. The third kappa shape index (κ3) is 1.34. The molecule has 1 saturated carbocycles. The van der Waals surface area contributed by atoms with Crippen molar-refractivity contribution < 1.29 is 0 Å². The molecule has 0 bridgehead atoms. The van der Waals surface area contributed by atoms with Crippen LogP contribution in [0, 0.1) is 0 Å². The number of halogens is 2. The van der Waals surface area contributed by atoms with Crippen molar-refractivity contribution in [3.63, 3.8) is 0 Å². The van der Waals surface area contributed by atoms with Crippen LogP contribution in [-0.2, 0) is 5.54 Å². The summed E-state index contributed by atoms with van der Waals surface area (Å²) in [7, 11) is 0. The van der Waals surface area contributed by atoms with Gasteiger partial charge >= 0.3 is 0 Å². The number of nitrogens with two attached hydrogens (primary N) is 1. The number of aromatic nitrogens is 2. The molecule has 1 fully saturated rings. The molecule has 5 heteroatoms. The molecule has 1 aromatic heterocycles. The lowest BCUT2D eigenvalue weighted by Gasteiger charge is -2.09. The Labute approximate surface area is 83.5 Å². The molecule has 64 valence electrons. The third-order valence-electron chi connectivity index (χ3n) is 1.97. The molecule has 1 aromatic rings. The van der Waals surface area contributed by atoms with Crippen molar-refractivity contribution in [2.45, 2.75) is 18.4 Å². The number of hydrogen-bond acceptors (Lipinski definition) is 3. The normalized spacial score (nSPS) is 19.2. The van der Waals surface area contributed by atoms with Crippen LogP contribution in [-0.4, -0.2) is 9.97 Å². The largest absolute Gasteiger partial charge is 0.320 e. The number of hydrogen-bond donors (Lipinski definition) is 1. The molecule has 0 spiro atoms. The van der Waals surface area contributed by atoms with Crippen LogP contribution in [0.2, 0.25) is 5.28 Å². The van der Waals surface area contributed by atoms with Crippen LogP contribution in [0.3, 0.4) is 0 Å². The van der Waals surface area contributed by atoms with Gasteiger partial charge in [0.15, 0.2) is 0 Å². The number of nitrogens with zero attached hydrogens (tertiary/aromatic N) is 2. The van der Waals surface area contributed by atoms with Gasteiger partial charge in [0.1, 0.15) is 0 Å². The summed E-state index contributed by atoms with van der Waals surface area (Å²) in [6, 6.07) is 0. The van der Waals surface area contributed by atoms with Gasteiger partial charge in [-0.05, 0) is 40.4 Å². The van der Waals surface area contributed by atoms with Crippen molar-refractivity contribution in [2.75, 3.05) is 0 Å². The van der Waals surface area contributed by atoms with Gasteiger partial charge < -0.3 is 5.73 Å². The van der Waals surface area contributed by atoms with Crippen LogP contribution < -0.4 is 5.73 Å². The lowest BCUT2D eigenvalue weighted by molar-refractivity contribution is 0.698. The molecule has 1 aliphatic carbocycles. The second-order valence-corrected chi connectivity index (χ2v) is 4.18. The van der Waals surface area contributed by atoms with Gasteiger partial charge in [0, 0.05) is 6.20 Å². The Balaban J connectivity index is 2.48. The highest BCUT2D eigenvalue weighted by Gasteiger charge is 2.43. The highest BCUT2D eigenvalue weighted by Crippen LogP contribution is 2.44. The molecule has 0 unspecified atom stereocenters. The predicted octanol–water partition coefficient (Wildman–Crippen LogP) is 1.84. The maximum Gasteiger partial charge on any atom is 0.222 e. The molecule has 0 aliphatic heterocycles. The van der Waals surface area contributed by atoms with Gasteiger partial charge in [0.2, 0.25) is 5.28 Å². The summed E-state index contributed by atoms with van der Waals surface area (Å²) in [6.07, 6.45) is 3.58. The van der Waals surface area contributed by atoms with E-state index in [-0.39, 0.29) is 10.8 Å². The molecule has 2 N–H and O–H groups in total. The van der Waals surface area contributed by atoms with E-state index in [1.165, 1.54) is 0 Å². The maximum absolute atomic E-state index is 5.96. The van der Waals surface area contributed by atoms with Crippen molar-refractivity contribution in [3.05, 3.63) is 21.6 Å². The van der Waals surface area contributed by atoms with Crippen molar-refractivity contribution in [1.29, 1.82) is 0 Å². The monoisotopic (exact) mass is 247 g/mol. The van der Waals surface area contributed by atoms with Gasteiger partial charge in [-0.25, -0.2) is 9.97 Å². The summed E-state index contributed by atoms with van der Waals surface area (Å²) in [5.41, 5.74) is 6.52. The van der Waals surface area contributed by atoms with Gasteiger partial charge in [-0.3, -0.25) is 0 Å². The van der Waals surface area contributed by atoms with E-state index in [1.54, 1.807) is 6.20 Å². The molecule has 0 aromatic carbocycles. The molecule has 0 atom stereocenters. The van der Waals surface area contributed by atoms with E-state index in [0.717, 1.165) is 23.0 Å². The van der Waals surface area contributed by atoms with E-state index in [9.17, 15) is 0 Å². The van der Waals surface area contributed by atoms with E-state index < -0.39 is 0 Å². The van der Waals surface area contributed by atoms with Crippen LogP contribution in [0.5, 0.6) is 0 Å². The highest BCUT2D eigenvalue weighted by molar-refractivity contribution is 9.10. The lowest BCUT2D eigenvalue weighted by Crippen LogP contribution is -2.21. The van der Waals surface area contributed by atoms with Crippen LogP contribution in [0.15, 0.2) is 10.7 Å². The summed E-state index contributed by atoms with van der Waals surface area (Å²) in [5.74, 6) is 0. The van der Waals surface area contributed by atoms with E-state index >= 15 is 0 Å². The zero-order valence-corrected chi connectivity index (χ0v) is 8.56. The van der Waals surface area contributed by atoms with Gasteiger partial charge in [-0.15, -0.1) is 0 Å². The average Bonchev–Trinajstić information content (AvgIpc) is 2.75. The first-order valence-corrected chi connectivity index (χ1v) is 4.76. The Kier molecular flexibility index (Phi) is 1.86. The Hall–Kier alpha value is -0.190. The zero-order chi connectivity index (χ0) is 8.77. The molecule has 3 nitrogen and oxygen atoms in total. The van der Waals surface area contributed by atoms with Gasteiger partial charge in [-0.2, -0.15) is 0 Å². The summed E-state index contributed by atoms with van der Waals surface area (Å²) in [4.78, 5) is 7.92. The molecular formula is C7H7BrClN3. The Morgan fingerprint density at radius 2 is 2.25 bits per heavy atom. The minimum atomic E-state index is -0.259. The van der Waals surface area contributed by atoms with E-state index in [4.69, 9.17) is 17.3 Å². The average molecular weight is 249 g/mol. The zero-order valence-electron chi connectivity index (χ0n) is 6.22. The van der Waals surface area contributed by atoms with Crippen molar-refractivity contribution in [2.24, 2.45) is 5.73 Å². The highest BCUT2D eigenvalue weighted by atomic mass is 79.9. The van der Waals surface area contributed by atoms with Crippen molar-refractivity contribution in [3.8, 4) is 0 Å². The lowest BCUT2D eigenvalue weighted by atomic mass is 10.2. The van der Waals surface area contributed by atoms with Crippen LogP contribution in [0.1, 0.15) is 18.5 Å². The Morgan fingerprint density at radius 1 is 1.58 bits per heavy atom. The maximum atomic E-state index is 5.96. The minimum Gasteiger partial charge on any atom is -0.320 e. The molecule has 1 aliphatic rings. The summed E-state index contributed by atoms with van der Waals surface area (Å²) in [5, 5.41) is 0.255. The van der Waals surface area contributed by atoms with E-state index in [0.29, 0.717) is 0 Å². The molecule has 2 rings (SSSR count). The Morgan fingerprint density at radius 3 is 2.83 bits per heavy atom. The topological polar surface area (TPSA) is 51.8 Å². The standard InChI is InChI=1S/C7H7BrClN3/c8-4-3-11-6(9)12-5(4)7(10)1-2-7/h3H,1-2,10H2. The quantitative estimate of drug-likeness (QED) is 0.772. The third-order valence-corrected chi connectivity index (χ3v) is 2.74. The van der Waals surface area contributed by atoms with Crippen LogP contribution in [0.4, 0.5) is 0 Å². The van der Waals surface area contributed by atoms with Gasteiger partial charge in [-0.1, -0.05) is 0 Å². The molecular weight excluding hydrogens is 241 g/mol. The SMILES string of the molecule is NC1(c2nc(Cl)ncc2Br)CC1. The van der Waals surface area contributed by atoms with Gasteiger partial charge in [0.05, 0.1) is 15.7 Å². The van der Waals surface area contributed by atoms with Crippen molar-refractivity contribution >= 4 is 27.5 Å². The number of rotatable bonds is 1. The minimum absolute atomic E-state index is 0.255. The first-order chi connectivity index (χ1) is 5.62. The van der Waals surface area contributed by atoms with Crippen molar-refractivity contribution in [1.82, 2.24) is 9.97 Å². The van der Waals surface area contributed by atoms with E-state index in [2.05, 4.69) is 25.9 Å². The smallest absolute Gasteiger partial charge is 0.222 e. The predicted molar refractivity (Wildman–Crippen MR) is 49.8 cm³/mol. The first kappa shape index (κ1) is 8.41. The molecule has 0 radical (unpaired) electrons. The molecule has 0 saturated heterocycles.